The van der Waals surface area contributed by atoms with Gasteiger partial charge in [0, 0.05) is 12.3 Å². The Morgan fingerprint density at radius 1 is 1.47 bits per heavy atom. The van der Waals surface area contributed by atoms with Crippen LogP contribution < -0.4 is 5.73 Å². The van der Waals surface area contributed by atoms with E-state index >= 15 is 0 Å². The van der Waals surface area contributed by atoms with Crippen LogP contribution in [0.5, 0.6) is 0 Å². The van der Waals surface area contributed by atoms with Gasteiger partial charge in [-0.3, -0.25) is 4.99 Å². The highest BCUT2D eigenvalue weighted by atomic mass is 32.2. The van der Waals surface area contributed by atoms with E-state index in [0.717, 1.165) is 24.9 Å². The number of rotatable bonds is 6. The lowest BCUT2D eigenvalue weighted by Crippen LogP contribution is -2.08. The van der Waals surface area contributed by atoms with E-state index in [0.29, 0.717) is 16.5 Å². The van der Waals surface area contributed by atoms with Gasteiger partial charge in [-0.05, 0) is 24.1 Å². The number of carbonyl (C=O) groups is 1. The van der Waals surface area contributed by atoms with Gasteiger partial charge in [0.15, 0.2) is 5.17 Å². The van der Waals surface area contributed by atoms with E-state index in [1.807, 2.05) is 18.2 Å². The van der Waals surface area contributed by atoms with Crippen molar-refractivity contribution in [2.45, 2.75) is 25.5 Å². The van der Waals surface area contributed by atoms with Crippen LogP contribution in [0, 0.1) is 0 Å². The predicted octanol–water partition coefficient (Wildman–Crippen LogP) is 2.82. The second-order valence-electron chi connectivity index (χ2n) is 4.05. The minimum absolute atomic E-state index is 0.323. The number of carbonyl (C=O) groups excluding carboxylic acids is 1. The zero-order valence-electron chi connectivity index (χ0n) is 11.4. The van der Waals surface area contributed by atoms with Crippen LogP contribution in [0.3, 0.4) is 0 Å². The maximum atomic E-state index is 11.4. The van der Waals surface area contributed by atoms with E-state index < -0.39 is 0 Å². The van der Waals surface area contributed by atoms with E-state index in [-0.39, 0.29) is 5.97 Å². The molecule has 0 radical (unpaired) electrons. The predicted molar refractivity (Wildman–Crippen MR) is 80.5 cm³/mol. The first-order valence-electron chi connectivity index (χ1n) is 6.27. The molecule has 104 valence electrons. The molecule has 5 heteroatoms. The number of esters is 1. The number of methoxy groups -OCH3 is 1. The molecular weight excluding hydrogens is 260 g/mol. The number of amidine groups is 1. The molecule has 0 spiro atoms. The van der Waals surface area contributed by atoms with Gasteiger partial charge < -0.3 is 10.5 Å². The summed E-state index contributed by atoms with van der Waals surface area (Å²) in [6.07, 6.45) is 2.17. The van der Waals surface area contributed by atoms with Crippen molar-refractivity contribution in [2.75, 3.05) is 13.7 Å². The summed E-state index contributed by atoms with van der Waals surface area (Å²) in [5, 5.41) is 0.594. The molecule has 0 unspecified atom stereocenters. The Labute approximate surface area is 118 Å². The molecule has 0 aliphatic heterocycles. The number of ether oxygens (including phenoxy) is 1. The molecule has 0 aliphatic rings. The summed E-state index contributed by atoms with van der Waals surface area (Å²) in [6.45, 7) is 2.90. The number of nitrogens with zero attached hydrogens (tertiary/aromatic N) is 1. The smallest absolute Gasteiger partial charge is 0.337 e. The highest BCUT2D eigenvalue weighted by molar-refractivity contribution is 8.13. The lowest BCUT2D eigenvalue weighted by Gasteiger charge is -2.04. The van der Waals surface area contributed by atoms with Gasteiger partial charge in [0.1, 0.15) is 0 Å². The molecule has 0 heterocycles. The van der Waals surface area contributed by atoms with Crippen molar-refractivity contribution in [2.24, 2.45) is 10.7 Å². The molecule has 0 aliphatic carbocycles. The number of thioether (sulfide) groups is 1. The van der Waals surface area contributed by atoms with Crippen LogP contribution in [0.2, 0.25) is 0 Å². The Morgan fingerprint density at radius 2 is 2.26 bits per heavy atom. The van der Waals surface area contributed by atoms with Crippen LogP contribution in [0.4, 0.5) is 0 Å². The molecule has 0 aromatic heterocycles. The summed E-state index contributed by atoms with van der Waals surface area (Å²) >= 11 is 1.48. The van der Waals surface area contributed by atoms with Gasteiger partial charge in [0.2, 0.25) is 0 Å². The van der Waals surface area contributed by atoms with Crippen molar-refractivity contribution in [3.05, 3.63) is 35.4 Å². The van der Waals surface area contributed by atoms with E-state index in [9.17, 15) is 4.79 Å². The second kappa shape index (κ2) is 8.58. The van der Waals surface area contributed by atoms with Crippen molar-refractivity contribution in [1.29, 1.82) is 0 Å². The first-order chi connectivity index (χ1) is 9.17. The number of aliphatic imine (C=N–C) groups is 1. The van der Waals surface area contributed by atoms with Crippen LogP contribution in [0.25, 0.3) is 0 Å². The molecular formula is C14H20N2O2S. The molecule has 1 aromatic rings. The molecule has 0 saturated carbocycles. The zero-order valence-corrected chi connectivity index (χ0v) is 12.2. The molecule has 0 fully saturated rings. The molecule has 4 nitrogen and oxygen atoms in total. The monoisotopic (exact) mass is 280 g/mol. The zero-order chi connectivity index (χ0) is 14.1. The van der Waals surface area contributed by atoms with Gasteiger partial charge in [0.05, 0.1) is 12.7 Å². The fourth-order valence-corrected chi connectivity index (χ4v) is 2.13. The number of hydrogen-bond donors (Lipinski definition) is 1. The van der Waals surface area contributed by atoms with Crippen LogP contribution in [0.15, 0.2) is 29.3 Å². The quantitative estimate of drug-likeness (QED) is 0.376. The Bertz CT molecular complexity index is 447. The maximum absolute atomic E-state index is 11.4. The van der Waals surface area contributed by atoms with Gasteiger partial charge >= 0.3 is 5.97 Å². The fourth-order valence-electron chi connectivity index (χ4n) is 1.46. The van der Waals surface area contributed by atoms with E-state index in [2.05, 4.69) is 16.7 Å². The van der Waals surface area contributed by atoms with Gasteiger partial charge in [-0.15, -0.1) is 0 Å². The minimum atomic E-state index is -0.323. The SMILES string of the molecule is CCCCN=C(N)SCc1cccc(C(=O)OC)c1. The summed E-state index contributed by atoms with van der Waals surface area (Å²) in [5.74, 6) is 0.378. The van der Waals surface area contributed by atoms with Crippen LogP contribution in [-0.4, -0.2) is 24.8 Å². The summed E-state index contributed by atoms with van der Waals surface area (Å²) in [6, 6.07) is 7.35. The number of benzene rings is 1. The Kier molecular flexibility index (Phi) is 7.03. The van der Waals surface area contributed by atoms with Crippen molar-refractivity contribution in [3.63, 3.8) is 0 Å². The summed E-state index contributed by atoms with van der Waals surface area (Å²) in [7, 11) is 1.38. The largest absolute Gasteiger partial charge is 0.465 e. The normalized spacial score (nSPS) is 11.4. The van der Waals surface area contributed by atoms with E-state index in [4.69, 9.17) is 5.73 Å². The van der Waals surface area contributed by atoms with E-state index in [1.54, 1.807) is 6.07 Å². The van der Waals surface area contributed by atoms with Gasteiger partial charge in [-0.25, -0.2) is 4.79 Å². The summed E-state index contributed by atoms with van der Waals surface area (Å²) < 4.78 is 4.69. The number of hydrogen-bond acceptors (Lipinski definition) is 4. The first-order valence-corrected chi connectivity index (χ1v) is 7.26. The average Bonchev–Trinajstić information content (AvgIpc) is 2.45. The van der Waals surface area contributed by atoms with Crippen molar-refractivity contribution >= 4 is 22.9 Å². The first kappa shape index (κ1) is 15.6. The van der Waals surface area contributed by atoms with Gasteiger partial charge in [-0.1, -0.05) is 37.2 Å². The molecule has 0 atom stereocenters. The molecule has 19 heavy (non-hydrogen) atoms. The summed E-state index contributed by atoms with van der Waals surface area (Å²) in [5.41, 5.74) is 7.39. The number of nitrogens with two attached hydrogens (primary N) is 1. The number of unbranched alkanes of at least 4 members (excludes halogenated alkanes) is 1. The topological polar surface area (TPSA) is 64.7 Å². The fraction of sp³-hybridized carbons (Fsp3) is 0.429. The maximum Gasteiger partial charge on any atom is 0.337 e. The van der Waals surface area contributed by atoms with Crippen LogP contribution in [0.1, 0.15) is 35.7 Å². The molecule has 2 N–H and O–H groups in total. The minimum Gasteiger partial charge on any atom is -0.465 e. The third-order valence-corrected chi connectivity index (χ3v) is 3.42. The van der Waals surface area contributed by atoms with Gasteiger partial charge in [-0.2, -0.15) is 0 Å². The third kappa shape index (κ3) is 5.79. The van der Waals surface area contributed by atoms with Crippen LogP contribution in [-0.2, 0) is 10.5 Å². The Morgan fingerprint density at radius 3 is 2.95 bits per heavy atom. The molecule has 0 saturated heterocycles. The Balaban J connectivity index is 2.53. The second-order valence-corrected chi connectivity index (χ2v) is 5.05. The third-order valence-electron chi connectivity index (χ3n) is 2.51. The van der Waals surface area contributed by atoms with Crippen molar-refractivity contribution in [1.82, 2.24) is 0 Å². The molecule has 0 bridgehead atoms. The van der Waals surface area contributed by atoms with Crippen molar-refractivity contribution in [3.8, 4) is 0 Å². The lowest BCUT2D eigenvalue weighted by molar-refractivity contribution is 0.0600. The standard InChI is InChI=1S/C14H20N2O2S/c1-3-4-8-16-14(15)19-10-11-6-5-7-12(9-11)13(17)18-2/h5-7,9H,3-4,8,10H2,1-2H3,(H2,15,16). The molecule has 0 amide bonds. The van der Waals surface area contributed by atoms with Gasteiger partial charge in [0.25, 0.3) is 0 Å². The average molecular weight is 280 g/mol. The molecule has 1 rings (SSSR count). The van der Waals surface area contributed by atoms with E-state index in [1.165, 1.54) is 18.9 Å². The highest BCUT2D eigenvalue weighted by Gasteiger charge is 2.05. The highest BCUT2D eigenvalue weighted by Crippen LogP contribution is 2.14. The van der Waals surface area contributed by atoms with Crippen molar-refractivity contribution < 1.29 is 9.53 Å². The van der Waals surface area contributed by atoms with Crippen LogP contribution >= 0.6 is 11.8 Å². The summed E-state index contributed by atoms with van der Waals surface area (Å²) in [4.78, 5) is 15.7. The Hall–Kier alpha value is -1.49. The lowest BCUT2D eigenvalue weighted by atomic mass is 10.1. The molecule has 1 aromatic carbocycles.